The summed E-state index contributed by atoms with van der Waals surface area (Å²) in [5.74, 6) is 1.20. The van der Waals surface area contributed by atoms with Crippen LogP contribution in [0.5, 0.6) is 0 Å². The Balaban J connectivity index is 1.65. The van der Waals surface area contributed by atoms with Crippen LogP contribution in [0, 0.1) is 13.8 Å². The molecule has 140 valence electrons. The Labute approximate surface area is 164 Å². The molecule has 6 heteroatoms. The molecule has 28 heavy (non-hydrogen) atoms. The summed E-state index contributed by atoms with van der Waals surface area (Å²) in [6.45, 7) is 4.16. The number of aryl methyl sites for hydroxylation is 2. The van der Waals surface area contributed by atoms with Gasteiger partial charge in [-0.05, 0) is 61.4 Å². The highest BCUT2D eigenvalue weighted by molar-refractivity contribution is 5.82. The molecule has 0 aliphatic rings. The molecule has 4 rings (SSSR count). The molecule has 0 saturated carbocycles. The van der Waals surface area contributed by atoms with E-state index in [4.69, 9.17) is 9.97 Å². The Hall–Kier alpha value is -3.80. The fourth-order valence-corrected chi connectivity index (χ4v) is 2.79. The normalized spacial score (nSPS) is 10.5. The summed E-state index contributed by atoms with van der Waals surface area (Å²) in [7, 11) is 0. The van der Waals surface area contributed by atoms with Crippen LogP contribution in [0.4, 0.5) is 23.0 Å². The van der Waals surface area contributed by atoms with Gasteiger partial charge in [0.25, 0.3) is 0 Å². The smallest absolute Gasteiger partial charge is 0.190 e. The summed E-state index contributed by atoms with van der Waals surface area (Å²) in [4.78, 5) is 9.53. The Morgan fingerprint density at radius 3 is 1.32 bits per heavy atom. The van der Waals surface area contributed by atoms with E-state index in [1.807, 2.05) is 60.7 Å². The Bertz CT molecular complexity index is 992. The van der Waals surface area contributed by atoms with Crippen LogP contribution in [-0.2, 0) is 0 Å². The van der Waals surface area contributed by atoms with Gasteiger partial charge in [0.2, 0.25) is 0 Å². The molecule has 0 saturated heterocycles. The van der Waals surface area contributed by atoms with Crippen molar-refractivity contribution < 1.29 is 0 Å². The molecular weight excluding hydrogens is 348 g/mol. The van der Waals surface area contributed by atoms with E-state index in [9.17, 15) is 0 Å². The maximum absolute atomic E-state index is 4.77. The zero-order valence-electron chi connectivity index (χ0n) is 15.8. The first-order valence-electron chi connectivity index (χ1n) is 9.12. The molecule has 1 heterocycles. The number of benzene rings is 3. The number of anilines is 4. The van der Waals surface area contributed by atoms with Crippen LogP contribution in [0.3, 0.4) is 0 Å². The lowest BCUT2D eigenvalue weighted by atomic mass is 10.1. The van der Waals surface area contributed by atoms with E-state index in [1.54, 1.807) is 0 Å². The molecule has 0 unspecified atom stereocenters. The predicted molar refractivity (Wildman–Crippen MR) is 116 cm³/mol. The molecule has 0 atom stereocenters. The standard InChI is InChI=1S/C22H22N6/c1-15-13-19-20(14-16(15)2)24-22(28-26-18-11-7-4-8-12-18)21(23-19)27-25-17-9-5-3-6-10-17/h3-14,25-26H,1-2H3,(H,23,27)(H,24,28). The number of rotatable bonds is 6. The zero-order chi connectivity index (χ0) is 19.3. The van der Waals surface area contributed by atoms with Crippen LogP contribution in [0.25, 0.3) is 11.0 Å². The van der Waals surface area contributed by atoms with Crippen LogP contribution < -0.4 is 21.7 Å². The maximum atomic E-state index is 4.77. The summed E-state index contributed by atoms with van der Waals surface area (Å²) in [6.07, 6.45) is 0. The van der Waals surface area contributed by atoms with Crippen molar-refractivity contribution in [3.8, 4) is 0 Å². The summed E-state index contributed by atoms with van der Waals surface area (Å²) in [6, 6.07) is 23.8. The molecule has 0 radical (unpaired) electrons. The van der Waals surface area contributed by atoms with Gasteiger partial charge in [0.05, 0.1) is 22.4 Å². The highest BCUT2D eigenvalue weighted by Gasteiger charge is 2.10. The van der Waals surface area contributed by atoms with Crippen LogP contribution in [0.2, 0.25) is 0 Å². The van der Waals surface area contributed by atoms with Gasteiger partial charge in [0.15, 0.2) is 11.6 Å². The topological polar surface area (TPSA) is 73.9 Å². The van der Waals surface area contributed by atoms with Gasteiger partial charge in [0, 0.05) is 0 Å². The lowest BCUT2D eigenvalue weighted by molar-refractivity contribution is 1.21. The number of fused-ring (bicyclic) bond motifs is 1. The Kier molecular flexibility index (Phi) is 4.93. The molecule has 0 fully saturated rings. The van der Waals surface area contributed by atoms with Crippen LogP contribution in [0.1, 0.15) is 11.1 Å². The first-order valence-corrected chi connectivity index (χ1v) is 9.12. The lowest BCUT2D eigenvalue weighted by Gasteiger charge is -2.16. The molecule has 4 aromatic rings. The largest absolute Gasteiger partial charge is 0.300 e. The molecule has 0 bridgehead atoms. The fraction of sp³-hybridized carbons (Fsp3) is 0.0909. The van der Waals surface area contributed by atoms with E-state index in [0.29, 0.717) is 11.6 Å². The van der Waals surface area contributed by atoms with E-state index < -0.39 is 0 Å². The molecular formula is C22H22N6. The zero-order valence-corrected chi connectivity index (χ0v) is 15.8. The van der Waals surface area contributed by atoms with Crippen molar-refractivity contribution in [1.29, 1.82) is 0 Å². The molecule has 0 aliphatic carbocycles. The van der Waals surface area contributed by atoms with Crippen molar-refractivity contribution in [3.05, 3.63) is 83.9 Å². The first-order chi connectivity index (χ1) is 13.7. The molecule has 0 aliphatic heterocycles. The summed E-state index contributed by atoms with van der Waals surface area (Å²) < 4.78 is 0. The van der Waals surface area contributed by atoms with E-state index in [2.05, 4.69) is 47.7 Å². The number of para-hydroxylation sites is 2. The van der Waals surface area contributed by atoms with Crippen molar-refractivity contribution in [3.63, 3.8) is 0 Å². The lowest BCUT2D eigenvalue weighted by Crippen LogP contribution is -2.17. The van der Waals surface area contributed by atoms with Gasteiger partial charge in [0.1, 0.15) is 0 Å². The van der Waals surface area contributed by atoms with Gasteiger partial charge in [-0.1, -0.05) is 36.4 Å². The molecule has 1 aromatic heterocycles. The van der Waals surface area contributed by atoms with Gasteiger partial charge < -0.3 is 0 Å². The molecule has 0 spiro atoms. The number of hydrogen-bond donors (Lipinski definition) is 4. The van der Waals surface area contributed by atoms with Crippen molar-refractivity contribution in [2.75, 3.05) is 21.7 Å². The molecule has 0 amide bonds. The minimum absolute atomic E-state index is 0.600. The van der Waals surface area contributed by atoms with E-state index >= 15 is 0 Å². The quantitative estimate of drug-likeness (QED) is 0.353. The average molecular weight is 370 g/mol. The van der Waals surface area contributed by atoms with Gasteiger partial charge in [-0.3, -0.25) is 21.7 Å². The van der Waals surface area contributed by atoms with Crippen molar-refractivity contribution >= 4 is 34.0 Å². The molecule has 3 aromatic carbocycles. The number of aromatic nitrogens is 2. The summed E-state index contributed by atoms with van der Waals surface area (Å²) in [5, 5.41) is 0. The van der Waals surface area contributed by atoms with Crippen LogP contribution >= 0.6 is 0 Å². The summed E-state index contributed by atoms with van der Waals surface area (Å²) >= 11 is 0. The number of nitrogens with zero attached hydrogens (tertiary/aromatic N) is 2. The third-order valence-corrected chi connectivity index (χ3v) is 4.48. The maximum Gasteiger partial charge on any atom is 0.190 e. The molecule has 4 N–H and O–H groups in total. The van der Waals surface area contributed by atoms with Crippen LogP contribution in [-0.4, -0.2) is 9.97 Å². The second-order valence-corrected chi connectivity index (χ2v) is 6.58. The second-order valence-electron chi connectivity index (χ2n) is 6.58. The third-order valence-electron chi connectivity index (χ3n) is 4.48. The van der Waals surface area contributed by atoms with Gasteiger partial charge in [-0.2, -0.15) is 0 Å². The van der Waals surface area contributed by atoms with E-state index in [1.165, 1.54) is 11.1 Å². The van der Waals surface area contributed by atoms with Gasteiger partial charge >= 0.3 is 0 Å². The number of nitrogens with one attached hydrogen (secondary N) is 4. The first kappa shape index (κ1) is 17.6. The molecule has 6 nitrogen and oxygen atoms in total. The summed E-state index contributed by atoms with van der Waals surface area (Å²) in [5.41, 5.74) is 18.6. The van der Waals surface area contributed by atoms with E-state index in [-0.39, 0.29) is 0 Å². The highest BCUT2D eigenvalue weighted by atomic mass is 15.4. The highest BCUT2D eigenvalue weighted by Crippen LogP contribution is 2.24. The number of hydrogen-bond acceptors (Lipinski definition) is 6. The van der Waals surface area contributed by atoms with Crippen molar-refractivity contribution in [2.45, 2.75) is 13.8 Å². The minimum Gasteiger partial charge on any atom is -0.300 e. The van der Waals surface area contributed by atoms with Gasteiger partial charge in [-0.15, -0.1) is 0 Å². The van der Waals surface area contributed by atoms with Gasteiger partial charge in [-0.25, -0.2) is 9.97 Å². The number of hydrazine groups is 2. The predicted octanol–water partition coefficient (Wildman–Crippen LogP) is 5.12. The van der Waals surface area contributed by atoms with Crippen molar-refractivity contribution in [2.24, 2.45) is 0 Å². The van der Waals surface area contributed by atoms with Crippen molar-refractivity contribution in [1.82, 2.24) is 9.97 Å². The second kappa shape index (κ2) is 7.84. The SMILES string of the molecule is Cc1cc2nc(NNc3ccccc3)c(NNc3ccccc3)nc2cc1C. The van der Waals surface area contributed by atoms with Crippen LogP contribution in [0.15, 0.2) is 72.8 Å². The van der Waals surface area contributed by atoms with E-state index in [0.717, 1.165) is 22.4 Å². The fourth-order valence-electron chi connectivity index (χ4n) is 2.79. The minimum atomic E-state index is 0.600. The Morgan fingerprint density at radius 2 is 0.929 bits per heavy atom. The Morgan fingerprint density at radius 1 is 0.536 bits per heavy atom. The average Bonchev–Trinajstić information content (AvgIpc) is 2.73. The monoisotopic (exact) mass is 370 g/mol. The third kappa shape index (κ3) is 3.96.